The van der Waals surface area contributed by atoms with E-state index in [9.17, 15) is 5.11 Å². The number of hydrogen-bond acceptors (Lipinski definition) is 4. The van der Waals surface area contributed by atoms with Gasteiger partial charge in [0.2, 0.25) is 0 Å². The largest absolute Gasteiger partial charge is 0.391 e. The highest BCUT2D eigenvalue weighted by Gasteiger charge is 2.25. The minimum atomic E-state index is -0.188. The van der Waals surface area contributed by atoms with Gasteiger partial charge in [-0.1, -0.05) is 0 Å². The monoisotopic (exact) mass is 183 g/mol. The van der Waals surface area contributed by atoms with E-state index >= 15 is 0 Å². The number of rotatable bonds is 1. The Morgan fingerprint density at radius 3 is 2.92 bits per heavy atom. The highest BCUT2D eigenvalue weighted by Crippen LogP contribution is 2.18. The van der Waals surface area contributed by atoms with Crippen LogP contribution in [0.2, 0.25) is 0 Å². The molecule has 13 heavy (non-hydrogen) atoms. The minimum Gasteiger partial charge on any atom is -0.391 e. The summed E-state index contributed by atoms with van der Waals surface area (Å²) in [6.45, 7) is 1.90. The van der Waals surface area contributed by atoms with Crippen LogP contribution in [0.25, 0.3) is 0 Å². The van der Waals surface area contributed by atoms with Crippen LogP contribution in [0, 0.1) is 0 Å². The molecule has 1 heterocycles. The maximum atomic E-state index is 9.57. The standard InChI is InChI=1S/C9H17N3O/c13-8-4-1-3-7(8)12-9-10-5-2-6-11-9/h7-8,13H,1-6H2,(H2,10,11,12). The number of aliphatic imine (C=N–C) groups is 1. The van der Waals surface area contributed by atoms with Crippen molar-refractivity contribution in [2.75, 3.05) is 13.1 Å². The predicted octanol–water partition coefficient (Wildman–Crippen LogP) is -0.161. The normalized spacial score (nSPS) is 33.8. The van der Waals surface area contributed by atoms with E-state index in [1.54, 1.807) is 0 Å². The molecule has 0 amide bonds. The molecule has 0 radical (unpaired) electrons. The fourth-order valence-electron chi connectivity index (χ4n) is 1.91. The van der Waals surface area contributed by atoms with Crippen molar-refractivity contribution in [3.63, 3.8) is 0 Å². The number of aliphatic hydroxyl groups excluding tert-OH is 1. The molecule has 74 valence electrons. The zero-order valence-electron chi connectivity index (χ0n) is 7.79. The summed E-state index contributed by atoms with van der Waals surface area (Å²) in [5.41, 5.74) is 0. The second-order valence-corrected chi connectivity index (χ2v) is 3.76. The van der Waals surface area contributed by atoms with E-state index in [0.29, 0.717) is 0 Å². The summed E-state index contributed by atoms with van der Waals surface area (Å²) < 4.78 is 0. The molecule has 0 spiro atoms. The molecule has 2 unspecified atom stereocenters. The van der Waals surface area contributed by atoms with Crippen molar-refractivity contribution >= 4 is 5.96 Å². The third-order valence-electron chi connectivity index (χ3n) is 2.70. The lowest BCUT2D eigenvalue weighted by Crippen LogP contribution is -2.48. The molecular formula is C9H17N3O. The molecule has 0 saturated heterocycles. The Hall–Kier alpha value is -0.770. The van der Waals surface area contributed by atoms with E-state index in [2.05, 4.69) is 15.6 Å². The molecule has 2 atom stereocenters. The summed E-state index contributed by atoms with van der Waals surface area (Å²) in [5.74, 6) is 0.872. The van der Waals surface area contributed by atoms with E-state index in [0.717, 1.165) is 44.7 Å². The average molecular weight is 183 g/mol. The van der Waals surface area contributed by atoms with Gasteiger partial charge in [-0.05, 0) is 25.7 Å². The minimum absolute atomic E-state index is 0.188. The van der Waals surface area contributed by atoms with Gasteiger partial charge >= 0.3 is 0 Å². The number of aliphatic hydroxyl groups is 1. The van der Waals surface area contributed by atoms with Gasteiger partial charge in [-0.3, -0.25) is 4.99 Å². The summed E-state index contributed by atoms with van der Waals surface area (Å²) in [7, 11) is 0. The zero-order chi connectivity index (χ0) is 9.10. The molecule has 2 rings (SSSR count). The summed E-state index contributed by atoms with van der Waals surface area (Å²) in [5, 5.41) is 16.0. The highest BCUT2D eigenvalue weighted by molar-refractivity contribution is 5.80. The molecular weight excluding hydrogens is 166 g/mol. The Morgan fingerprint density at radius 2 is 2.31 bits per heavy atom. The van der Waals surface area contributed by atoms with E-state index in [1.807, 2.05) is 0 Å². The van der Waals surface area contributed by atoms with Crippen LogP contribution in [-0.4, -0.2) is 36.3 Å². The SMILES string of the molecule is OC1CCCC1NC1=NCCCN1. The van der Waals surface area contributed by atoms with E-state index in [-0.39, 0.29) is 12.1 Å². The zero-order valence-corrected chi connectivity index (χ0v) is 7.79. The molecule has 1 fully saturated rings. The third-order valence-corrected chi connectivity index (χ3v) is 2.70. The van der Waals surface area contributed by atoms with E-state index < -0.39 is 0 Å². The highest BCUT2D eigenvalue weighted by atomic mass is 16.3. The van der Waals surface area contributed by atoms with Crippen molar-refractivity contribution in [3.05, 3.63) is 0 Å². The van der Waals surface area contributed by atoms with Crippen molar-refractivity contribution in [1.29, 1.82) is 0 Å². The first-order valence-corrected chi connectivity index (χ1v) is 5.09. The molecule has 1 aliphatic heterocycles. The van der Waals surface area contributed by atoms with Crippen LogP contribution < -0.4 is 10.6 Å². The van der Waals surface area contributed by atoms with Crippen LogP contribution in [0.15, 0.2) is 4.99 Å². The fourth-order valence-corrected chi connectivity index (χ4v) is 1.91. The van der Waals surface area contributed by atoms with Gasteiger partial charge in [-0.25, -0.2) is 0 Å². The summed E-state index contributed by atoms with van der Waals surface area (Å²) in [4.78, 5) is 4.31. The van der Waals surface area contributed by atoms with Crippen LogP contribution in [0.1, 0.15) is 25.7 Å². The van der Waals surface area contributed by atoms with Gasteiger partial charge in [0, 0.05) is 13.1 Å². The van der Waals surface area contributed by atoms with Crippen LogP contribution in [0.5, 0.6) is 0 Å². The number of hydrogen-bond donors (Lipinski definition) is 3. The molecule has 1 aliphatic carbocycles. The van der Waals surface area contributed by atoms with E-state index in [1.165, 1.54) is 0 Å². The Balaban J connectivity index is 1.85. The van der Waals surface area contributed by atoms with Gasteiger partial charge in [-0.15, -0.1) is 0 Å². The van der Waals surface area contributed by atoms with Gasteiger partial charge in [0.25, 0.3) is 0 Å². The molecule has 0 bridgehead atoms. The summed E-state index contributed by atoms with van der Waals surface area (Å²) in [6.07, 6.45) is 4.02. The molecule has 3 N–H and O–H groups in total. The topological polar surface area (TPSA) is 56.6 Å². The quantitative estimate of drug-likeness (QED) is 0.529. The second kappa shape index (κ2) is 3.96. The van der Waals surface area contributed by atoms with Crippen molar-refractivity contribution in [2.45, 2.75) is 37.8 Å². The lowest BCUT2D eigenvalue weighted by Gasteiger charge is -2.22. The number of guanidine groups is 1. The van der Waals surface area contributed by atoms with E-state index in [4.69, 9.17) is 0 Å². The average Bonchev–Trinajstić information content (AvgIpc) is 2.54. The molecule has 2 aliphatic rings. The maximum absolute atomic E-state index is 9.57. The van der Waals surface area contributed by atoms with Gasteiger partial charge in [0.1, 0.15) is 0 Å². The molecule has 0 aromatic heterocycles. The van der Waals surface area contributed by atoms with Crippen molar-refractivity contribution in [2.24, 2.45) is 4.99 Å². The van der Waals surface area contributed by atoms with Crippen LogP contribution in [0.4, 0.5) is 0 Å². The van der Waals surface area contributed by atoms with Crippen molar-refractivity contribution in [1.82, 2.24) is 10.6 Å². The molecule has 4 nitrogen and oxygen atoms in total. The molecule has 4 heteroatoms. The lowest BCUT2D eigenvalue weighted by molar-refractivity contribution is 0.157. The lowest BCUT2D eigenvalue weighted by atomic mass is 10.2. The first-order valence-electron chi connectivity index (χ1n) is 5.09. The van der Waals surface area contributed by atoms with Crippen molar-refractivity contribution < 1.29 is 5.11 Å². The third kappa shape index (κ3) is 2.12. The Bertz CT molecular complexity index is 205. The number of nitrogens with one attached hydrogen (secondary N) is 2. The van der Waals surface area contributed by atoms with Gasteiger partial charge in [-0.2, -0.15) is 0 Å². The van der Waals surface area contributed by atoms with Crippen LogP contribution in [0.3, 0.4) is 0 Å². The van der Waals surface area contributed by atoms with Gasteiger partial charge in [0.05, 0.1) is 12.1 Å². The summed E-state index contributed by atoms with van der Waals surface area (Å²) in [6, 6.07) is 0.212. The molecule has 0 aromatic rings. The Kier molecular flexibility index (Phi) is 2.68. The second-order valence-electron chi connectivity index (χ2n) is 3.76. The van der Waals surface area contributed by atoms with Crippen molar-refractivity contribution in [3.8, 4) is 0 Å². The Morgan fingerprint density at radius 1 is 1.38 bits per heavy atom. The van der Waals surface area contributed by atoms with Gasteiger partial charge in [0.15, 0.2) is 5.96 Å². The smallest absolute Gasteiger partial charge is 0.191 e. The molecule has 0 aromatic carbocycles. The first kappa shape index (κ1) is 8.81. The van der Waals surface area contributed by atoms with Crippen LogP contribution in [-0.2, 0) is 0 Å². The first-order chi connectivity index (χ1) is 6.36. The fraction of sp³-hybridized carbons (Fsp3) is 0.889. The summed E-state index contributed by atoms with van der Waals surface area (Å²) >= 11 is 0. The predicted molar refractivity (Wildman–Crippen MR) is 51.7 cm³/mol. The Labute approximate surface area is 78.4 Å². The molecule has 1 saturated carbocycles. The number of nitrogens with zero attached hydrogens (tertiary/aromatic N) is 1. The maximum Gasteiger partial charge on any atom is 0.191 e. The van der Waals surface area contributed by atoms with Crippen LogP contribution >= 0.6 is 0 Å². The van der Waals surface area contributed by atoms with Gasteiger partial charge < -0.3 is 15.7 Å².